The molecule has 4 aromatic rings. The van der Waals surface area contributed by atoms with E-state index in [9.17, 15) is 13.5 Å². The fourth-order valence-electron chi connectivity index (χ4n) is 4.33. The lowest BCUT2D eigenvalue weighted by molar-refractivity contribution is 0.145. The molecular weight excluding hydrogens is 464 g/mol. The van der Waals surface area contributed by atoms with Crippen molar-refractivity contribution >= 4 is 44.0 Å². The first-order valence-electron chi connectivity index (χ1n) is 11.5. The van der Waals surface area contributed by atoms with Crippen molar-refractivity contribution in [3.05, 3.63) is 66.4 Å². The van der Waals surface area contributed by atoms with Gasteiger partial charge >= 0.3 is 0 Å². The van der Waals surface area contributed by atoms with E-state index in [1.165, 1.54) is 6.26 Å². The van der Waals surface area contributed by atoms with Crippen LogP contribution in [0.3, 0.4) is 0 Å². The predicted octanol–water partition coefficient (Wildman–Crippen LogP) is 3.68. The van der Waals surface area contributed by atoms with E-state index in [4.69, 9.17) is 0 Å². The Morgan fingerprint density at radius 2 is 1.80 bits per heavy atom. The number of aliphatic hydroxyl groups excluding tert-OH is 1. The third-order valence-corrected chi connectivity index (χ3v) is 7.37. The number of piperidine rings is 1. The first kappa shape index (κ1) is 23.1. The number of hydrogen-bond acceptors (Lipinski definition) is 8. The molecule has 0 saturated carbocycles. The third-order valence-electron chi connectivity index (χ3n) is 6.18. The first-order chi connectivity index (χ1) is 16.9. The lowest BCUT2D eigenvalue weighted by Gasteiger charge is -2.31. The van der Waals surface area contributed by atoms with Gasteiger partial charge in [-0.3, -0.25) is 0 Å². The molecule has 0 bridgehead atoms. The summed E-state index contributed by atoms with van der Waals surface area (Å²) in [5, 5.41) is 16.3. The van der Waals surface area contributed by atoms with Crippen LogP contribution in [-0.4, -0.2) is 53.9 Å². The van der Waals surface area contributed by atoms with Crippen molar-refractivity contribution in [1.29, 1.82) is 0 Å². The van der Waals surface area contributed by atoms with Gasteiger partial charge in [-0.15, -0.1) is 0 Å². The van der Waals surface area contributed by atoms with Gasteiger partial charge < -0.3 is 25.6 Å². The fraction of sp³-hybridized carbons (Fsp3) is 0.280. The minimum absolute atomic E-state index is 0.199. The minimum Gasteiger partial charge on any atom is -0.393 e. The molecule has 9 nitrogen and oxygen atoms in total. The van der Waals surface area contributed by atoms with Gasteiger partial charge in [0.05, 0.1) is 16.5 Å². The van der Waals surface area contributed by atoms with Gasteiger partial charge in [0.15, 0.2) is 15.7 Å². The molecule has 0 amide bonds. The second-order valence-corrected chi connectivity index (χ2v) is 10.7. The molecule has 0 unspecified atom stereocenters. The molecule has 0 radical (unpaired) electrons. The van der Waals surface area contributed by atoms with Crippen LogP contribution in [0.25, 0.3) is 11.0 Å². The molecule has 1 aliphatic heterocycles. The van der Waals surface area contributed by atoms with Gasteiger partial charge in [-0.2, -0.15) is 4.98 Å². The van der Waals surface area contributed by atoms with Crippen LogP contribution in [0.2, 0.25) is 0 Å². The van der Waals surface area contributed by atoms with Crippen molar-refractivity contribution in [1.82, 2.24) is 15.0 Å². The highest BCUT2D eigenvalue weighted by molar-refractivity contribution is 7.90. The number of hydrogen-bond donors (Lipinski definition) is 4. The average molecular weight is 493 g/mol. The Kier molecular flexibility index (Phi) is 6.31. The zero-order valence-corrected chi connectivity index (χ0v) is 20.2. The molecule has 1 aliphatic rings. The van der Waals surface area contributed by atoms with E-state index in [0.29, 0.717) is 28.8 Å². The van der Waals surface area contributed by atoms with E-state index in [1.807, 2.05) is 24.3 Å². The summed E-state index contributed by atoms with van der Waals surface area (Å²) < 4.78 is 24.3. The van der Waals surface area contributed by atoms with Crippen LogP contribution in [0.4, 0.5) is 23.1 Å². The number of benzene rings is 2. The van der Waals surface area contributed by atoms with Gasteiger partial charge in [0.2, 0.25) is 5.95 Å². The van der Waals surface area contributed by atoms with E-state index < -0.39 is 9.84 Å². The summed E-state index contributed by atoms with van der Waals surface area (Å²) in [4.78, 5) is 15.0. The van der Waals surface area contributed by atoms with Crippen molar-refractivity contribution in [3.63, 3.8) is 0 Å². The Balaban J connectivity index is 1.34. The Hall–Kier alpha value is -3.63. The molecule has 182 valence electrons. The number of anilines is 4. The zero-order valence-electron chi connectivity index (χ0n) is 19.4. The number of aliphatic hydroxyl groups is 1. The normalized spacial score (nSPS) is 14.9. The van der Waals surface area contributed by atoms with Crippen LogP contribution >= 0.6 is 0 Å². The van der Waals surface area contributed by atoms with Crippen LogP contribution < -0.4 is 15.5 Å². The highest BCUT2D eigenvalue weighted by Gasteiger charge is 2.17. The van der Waals surface area contributed by atoms with E-state index >= 15 is 0 Å². The third kappa shape index (κ3) is 5.23. The molecule has 1 fully saturated rings. The second kappa shape index (κ2) is 9.55. The number of sulfone groups is 1. The maximum Gasteiger partial charge on any atom is 0.229 e. The molecule has 2 aromatic carbocycles. The highest BCUT2D eigenvalue weighted by atomic mass is 32.2. The molecular formula is C25H28N6O3S. The van der Waals surface area contributed by atoms with E-state index in [-0.39, 0.29) is 6.10 Å². The molecule has 0 spiro atoms. The summed E-state index contributed by atoms with van der Waals surface area (Å²) in [5.41, 5.74) is 4.13. The van der Waals surface area contributed by atoms with E-state index in [0.717, 1.165) is 48.3 Å². The van der Waals surface area contributed by atoms with Crippen molar-refractivity contribution in [2.45, 2.75) is 30.4 Å². The smallest absolute Gasteiger partial charge is 0.229 e. The van der Waals surface area contributed by atoms with Gasteiger partial charge in [-0.1, -0.05) is 18.2 Å². The summed E-state index contributed by atoms with van der Waals surface area (Å²) in [6, 6.07) is 16.9. The summed E-state index contributed by atoms with van der Waals surface area (Å²) in [6.07, 6.45) is 4.38. The average Bonchev–Trinajstić information content (AvgIpc) is 3.32. The Morgan fingerprint density at radius 3 is 2.54 bits per heavy atom. The maximum absolute atomic E-state index is 12.1. The highest BCUT2D eigenvalue weighted by Crippen LogP contribution is 2.26. The maximum atomic E-state index is 12.1. The Bertz CT molecular complexity index is 1430. The number of rotatable bonds is 7. The van der Waals surface area contributed by atoms with Crippen LogP contribution in [0, 0.1) is 0 Å². The van der Waals surface area contributed by atoms with Gasteiger partial charge in [0, 0.05) is 43.5 Å². The number of fused-ring (bicyclic) bond motifs is 1. The Morgan fingerprint density at radius 1 is 1.06 bits per heavy atom. The zero-order chi connectivity index (χ0) is 24.4. The summed E-state index contributed by atoms with van der Waals surface area (Å²) in [5.74, 6) is 1.01. The number of H-pyrrole nitrogens is 1. The molecule has 10 heteroatoms. The lowest BCUT2D eigenvalue weighted by Crippen LogP contribution is -2.35. The standard InChI is InChI=1S/C25H28N6O3S/c1-35(33,34)22-5-3-2-4-17(22)16-27-24-23-21(10-13-26-23)29-25(30-24)28-18-6-8-19(9-7-18)31-14-11-20(32)12-15-31/h2-10,13,20,26,32H,11-12,14-16H2,1H3,(H2,27,28,29,30). The molecule has 3 heterocycles. The molecule has 2 aromatic heterocycles. The van der Waals surface area contributed by atoms with Crippen molar-refractivity contribution in [2.75, 3.05) is 34.9 Å². The van der Waals surface area contributed by atoms with Gasteiger partial charge in [0.1, 0.15) is 5.52 Å². The monoisotopic (exact) mass is 492 g/mol. The molecule has 0 atom stereocenters. The molecule has 4 N–H and O–H groups in total. The Labute approximate surface area is 204 Å². The second-order valence-electron chi connectivity index (χ2n) is 8.76. The van der Waals surface area contributed by atoms with Crippen molar-refractivity contribution in [2.24, 2.45) is 0 Å². The lowest BCUT2D eigenvalue weighted by atomic mass is 10.1. The predicted molar refractivity (Wildman–Crippen MR) is 138 cm³/mol. The van der Waals surface area contributed by atoms with E-state index in [1.54, 1.807) is 24.4 Å². The number of nitrogens with zero attached hydrogens (tertiary/aromatic N) is 3. The van der Waals surface area contributed by atoms with Crippen molar-refractivity contribution in [3.8, 4) is 0 Å². The van der Waals surface area contributed by atoms with Crippen LogP contribution in [0.1, 0.15) is 18.4 Å². The van der Waals surface area contributed by atoms with Crippen LogP contribution in [0.15, 0.2) is 65.7 Å². The molecule has 0 aliphatic carbocycles. The van der Waals surface area contributed by atoms with Gasteiger partial charge in [-0.25, -0.2) is 13.4 Å². The molecule has 35 heavy (non-hydrogen) atoms. The van der Waals surface area contributed by atoms with Crippen molar-refractivity contribution < 1.29 is 13.5 Å². The number of aromatic nitrogens is 3. The summed E-state index contributed by atoms with van der Waals surface area (Å²) >= 11 is 0. The molecule has 5 rings (SSSR count). The van der Waals surface area contributed by atoms with Crippen LogP contribution in [-0.2, 0) is 16.4 Å². The quantitative estimate of drug-likeness (QED) is 0.308. The van der Waals surface area contributed by atoms with E-state index in [2.05, 4.69) is 42.6 Å². The SMILES string of the molecule is CS(=O)(=O)c1ccccc1CNc1nc(Nc2ccc(N3CCC(O)CC3)cc2)nc2cc[nH]c12. The topological polar surface area (TPSA) is 123 Å². The van der Waals surface area contributed by atoms with Crippen LogP contribution in [0.5, 0.6) is 0 Å². The fourth-order valence-corrected chi connectivity index (χ4v) is 5.27. The van der Waals surface area contributed by atoms with Gasteiger partial charge in [0.25, 0.3) is 0 Å². The van der Waals surface area contributed by atoms with Gasteiger partial charge in [-0.05, 0) is 54.8 Å². The summed E-state index contributed by atoms with van der Waals surface area (Å²) in [6.45, 7) is 1.99. The molecule has 1 saturated heterocycles. The number of aromatic amines is 1. The number of nitrogens with one attached hydrogen (secondary N) is 3. The minimum atomic E-state index is -3.34. The first-order valence-corrected chi connectivity index (χ1v) is 13.4. The largest absolute Gasteiger partial charge is 0.393 e. The summed E-state index contributed by atoms with van der Waals surface area (Å²) in [7, 11) is -3.34.